The maximum absolute atomic E-state index is 12.4. The molecule has 4 rings (SSSR count). The van der Waals surface area contributed by atoms with Gasteiger partial charge in [0.05, 0.1) is 30.8 Å². The second-order valence-corrected chi connectivity index (χ2v) is 5.59. The lowest BCUT2D eigenvalue weighted by Gasteiger charge is -2.07. The Bertz CT molecular complexity index is 1190. The average molecular weight is 350 g/mol. The van der Waals surface area contributed by atoms with Crippen LogP contribution >= 0.6 is 0 Å². The lowest BCUT2D eigenvalue weighted by molar-refractivity contribution is 0.0601. The van der Waals surface area contributed by atoms with Crippen molar-refractivity contribution in [1.29, 1.82) is 0 Å². The number of carbonyl (C=O) groups is 1. The van der Waals surface area contributed by atoms with Gasteiger partial charge in [-0.05, 0) is 42.5 Å². The topological polar surface area (TPSA) is 98.6 Å². The quantitative estimate of drug-likeness (QED) is 0.568. The van der Waals surface area contributed by atoms with Gasteiger partial charge in [-0.15, -0.1) is 10.2 Å². The maximum Gasteiger partial charge on any atom is 0.337 e. The molecule has 0 saturated carbocycles. The molecule has 130 valence electrons. The van der Waals surface area contributed by atoms with Crippen LogP contribution in [0, 0.1) is 0 Å². The van der Waals surface area contributed by atoms with Gasteiger partial charge in [0.2, 0.25) is 5.65 Å². The minimum Gasteiger partial charge on any atom is -0.497 e. The number of H-pyrrole nitrogens is 1. The van der Waals surface area contributed by atoms with E-state index < -0.39 is 11.5 Å². The summed E-state index contributed by atoms with van der Waals surface area (Å²) in [6, 6.07) is 12.2. The third kappa shape index (κ3) is 2.39. The fourth-order valence-electron chi connectivity index (χ4n) is 2.84. The molecule has 0 aliphatic rings. The van der Waals surface area contributed by atoms with Crippen LogP contribution in [0.25, 0.3) is 28.1 Å². The van der Waals surface area contributed by atoms with Crippen molar-refractivity contribution in [2.45, 2.75) is 0 Å². The van der Waals surface area contributed by atoms with E-state index in [0.29, 0.717) is 28.2 Å². The van der Waals surface area contributed by atoms with Crippen molar-refractivity contribution >= 4 is 22.6 Å². The Hall–Kier alpha value is -3.68. The van der Waals surface area contributed by atoms with Crippen molar-refractivity contribution in [3.63, 3.8) is 0 Å². The van der Waals surface area contributed by atoms with Crippen LogP contribution in [0.1, 0.15) is 10.4 Å². The predicted octanol–water partition coefficient (Wildman–Crippen LogP) is 2.03. The van der Waals surface area contributed by atoms with Gasteiger partial charge >= 0.3 is 5.97 Å². The SMILES string of the molecule is COC(=O)c1ccc2c(c1)[nH]c(=O)c1nnc(-c3ccc(OC)cc3)n12. The zero-order valence-corrected chi connectivity index (χ0v) is 14.0. The zero-order valence-electron chi connectivity index (χ0n) is 14.0. The van der Waals surface area contributed by atoms with Crippen molar-refractivity contribution in [3.8, 4) is 17.1 Å². The zero-order chi connectivity index (χ0) is 18.3. The summed E-state index contributed by atoms with van der Waals surface area (Å²) in [5.74, 6) is 0.754. The first-order valence-corrected chi connectivity index (χ1v) is 7.76. The van der Waals surface area contributed by atoms with E-state index >= 15 is 0 Å². The molecule has 1 N–H and O–H groups in total. The highest BCUT2D eigenvalue weighted by atomic mass is 16.5. The van der Waals surface area contributed by atoms with Gasteiger partial charge in [0.1, 0.15) is 5.75 Å². The summed E-state index contributed by atoms with van der Waals surface area (Å²) in [6.45, 7) is 0. The van der Waals surface area contributed by atoms with Crippen LogP contribution < -0.4 is 10.3 Å². The molecule has 2 aromatic heterocycles. The van der Waals surface area contributed by atoms with E-state index in [4.69, 9.17) is 9.47 Å². The van der Waals surface area contributed by atoms with Crippen molar-refractivity contribution < 1.29 is 14.3 Å². The van der Waals surface area contributed by atoms with Gasteiger partial charge < -0.3 is 14.5 Å². The van der Waals surface area contributed by atoms with Gasteiger partial charge in [0, 0.05) is 5.56 Å². The number of rotatable bonds is 3. The van der Waals surface area contributed by atoms with E-state index in [-0.39, 0.29) is 5.65 Å². The summed E-state index contributed by atoms with van der Waals surface area (Å²) in [7, 11) is 2.90. The number of aromatic amines is 1. The summed E-state index contributed by atoms with van der Waals surface area (Å²) in [5.41, 5.74) is 2.06. The Morgan fingerprint density at radius 3 is 2.54 bits per heavy atom. The fraction of sp³-hybridized carbons (Fsp3) is 0.111. The standard InChI is InChI=1S/C18H14N4O4/c1-25-12-6-3-10(4-7-12)15-20-21-16-17(23)19-13-9-11(18(24)26-2)5-8-14(13)22(15)16/h3-9H,1-2H3,(H,19,23). The number of aromatic nitrogens is 4. The van der Waals surface area contributed by atoms with E-state index in [1.165, 1.54) is 7.11 Å². The molecule has 0 amide bonds. The third-order valence-electron chi connectivity index (χ3n) is 4.12. The highest BCUT2D eigenvalue weighted by Crippen LogP contribution is 2.24. The van der Waals surface area contributed by atoms with E-state index in [2.05, 4.69) is 15.2 Å². The molecule has 4 aromatic rings. The first-order valence-electron chi connectivity index (χ1n) is 7.76. The minimum atomic E-state index is -0.480. The molecule has 0 bridgehead atoms. The van der Waals surface area contributed by atoms with Crippen molar-refractivity contribution in [1.82, 2.24) is 19.6 Å². The predicted molar refractivity (Wildman–Crippen MR) is 94.4 cm³/mol. The summed E-state index contributed by atoms with van der Waals surface area (Å²) in [5, 5.41) is 8.17. The van der Waals surface area contributed by atoms with Crippen LogP contribution in [-0.2, 0) is 4.74 Å². The largest absolute Gasteiger partial charge is 0.497 e. The number of nitrogens with one attached hydrogen (secondary N) is 1. The number of carbonyl (C=O) groups excluding carboxylic acids is 1. The average Bonchev–Trinajstić information content (AvgIpc) is 3.13. The molecule has 0 spiro atoms. The van der Waals surface area contributed by atoms with Crippen molar-refractivity contribution in [2.24, 2.45) is 0 Å². The molecule has 2 heterocycles. The molecular weight excluding hydrogens is 336 g/mol. The van der Waals surface area contributed by atoms with Gasteiger partial charge in [0.25, 0.3) is 5.56 Å². The second kappa shape index (κ2) is 5.99. The van der Waals surface area contributed by atoms with Gasteiger partial charge in [0.15, 0.2) is 5.82 Å². The molecule has 0 aliphatic carbocycles. The maximum atomic E-state index is 12.4. The Balaban J connectivity index is 2.00. The highest BCUT2D eigenvalue weighted by molar-refractivity contribution is 5.94. The molecule has 0 atom stereocenters. The summed E-state index contributed by atoms with van der Waals surface area (Å²) in [4.78, 5) is 26.8. The Kier molecular flexibility index (Phi) is 3.65. The lowest BCUT2D eigenvalue weighted by Crippen LogP contribution is -2.12. The molecule has 0 saturated heterocycles. The van der Waals surface area contributed by atoms with Crippen LogP contribution in [0.4, 0.5) is 0 Å². The van der Waals surface area contributed by atoms with Gasteiger partial charge in [-0.1, -0.05) is 0 Å². The summed E-state index contributed by atoms with van der Waals surface area (Å²) in [6.07, 6.45) is 0. The van der Waals surface area contributed by atoms with Crippen LogP contribution in [0.3, 0.4) is 0 Å². The van der Waals surface area contributed by atoms with Gasteiger partial charge in [-0.3, -0.25) is 9.20 Å². The number of hydrogen-bond donors (Lipinski definition) is 1. The Morgan fingerprint density at radius 2 is 1.85 bits per heavy atom. The molecule has 0 radical (unpaired) electrons. The Labute approximate surface area is 147 Å². The number of esters is 1. The highest BCUT2D eigenvalue weighted by Gasteiger charge is 2.16. The smallest absolute Gasteiger partial charge is 0.337 e. The van der Waals surface area contributed by atoms with Crippen LogP contribution in [0.5, 0.6) is 5.75 Å². The monoisotopic (exact) mass is 350 g/mol. The van der Waals surface area contributed by atoms with Crippen molar-refractivity contribution in [3.05, 3.63) is 58.4 Å². The van der Waals surface area contributed by atoms with E-state index in [1.54, 1.807) is 41.8 Å². The van der Waals surface area contributed by atoms with Crippen LogP contribution in [0.15, 0.2) is 47.3 Å². The van der Waals surface area contributed by atoms with Crippen molar-refractivity contribution in [2.75, 3.05) is 14.2 Å². The molecule has 0 fully saturated rings. The first kappa shape index (κ1) is 15.8. The molecule has 8 heteroatoms. The van der Waals surface area contributed by atoms with Gasteiger partial charge in [-0.25, -0.2) is 4.79 Å². The van der Waals surface area contributed by atoms with Crippen LogP contribution in [0.2, 0.25) is 0 Å². The molecule has 2 aromatic carbocycles. The number of fused-ring (bicyclic) bond motifs is 3. The van der Waals surface area contributed by atoms with E-state index in [9.17, 15) is 9.59 Å². The first-order chi connectivity index (χ1) is 12.6. The normalized spacial score (nSPS) is 11.0. The second-order valence-electron chi connectivity index (χ2n) is 5.59. The number of hydrogen-bond acceptors (Lipinski definition) is 6. The fourth-order valence-corrected chi connectivity index (χ4v) is 2.84. The number of methoxy groups -OCH3 is 2. The summed E-state index contributed by atoms with van der Waals surface area (Å²) < 4.78 is 11.6. The molecule has 8 nitrogen and oxygen atoms in total. The van der Waals surface area contributed by atoms with E-state index in [0.717, 1.165) is 5.56 Å². The Morgan fingerprint density at radius 1 is 1.08 bits per heavy atom. The lowest BCUT2D eigenvalue weighted by atomic mass is 10.1. The third-order valence-corrected chi connectivity index (χ3v) is 4.12. The molecule has 0 unspecified atom stereocenters. The number of nitrogens with zero attached hydrogens (tertiary/aromatic N) is 3. The molecule has 26 heavy (non-hydrogen) atoms. The van der Waals surface area contributed by atoms with Crippen LogP contribution in [-0.4, -0.2) is 39.8 Å². The minimum absolute atomic E-state index is 0.175. The molecular formula is C18H14N4O4. The number of benzene rings is 2. The van der Waals surface area contributed by atoms with E-state index in [1.807, 2.05) is 12.1 Å². The van der Waals surface area contributed by atoms with Gasteiger partial charge in [-0.2, -0.15) is 0 Å². The summed E-state index contributed by atoms with van der Waals surface area (Å²) >= 11 is 0. The number of ether oxygens (including phenoxy) is 2. The molecule has 0 aliphatic heterocycles.